The molecule has 5 nitrogen and oxygen atoms in total. The number of methoxy groups -OCH3 is 1. The molecule has 25 heavy (non-hydrogen) atoms. The van der Waals surface area contributed by atoms with E-state index in [0.29, 0.717) is 16.8 Å². The van der Waals surface area contributed by atoms with E-state index in [4.69, 9.17) is 4.74 Å². The Hall–Kier alpha value is -2.39. The van der Waals surface area contributed by atoms with Crippen LogP contribution in [0.4, 0.5) is 4.39 Å². The lowest BCUT2D eigenvalue weighted by Gasteiger charge is -2.49. The van der Waals surface area contributed by atoms with Gasteiger partial charge in [0.05, 0.1) is 24.3 Å². The van der Waals surface area contributed by atoms with Gasteiger partial charge in [0, 0.05) is 18.7 Å². The van der Waals surface area contributed by atoms with E-state index in [-0.39, 0.29) is 12.5 Å². The summed E-state index contributed by atoms with van der Waals surface area (Å²) in [5, 5.41) is 23.1. The predicted octanol–water partition coefficient (Wildman–Crippen LogP) is 3.05. The first-order chi connectivity index (χ1) is 11.8. The zero-order valence-corrected chi connectivity index (χ0v) is 14.8. The zero-order chi connectivity index (χ0) is 18.8. The predicted molar refractivity (Wildman–Crippen MR) is 91.2 cm³/mol. The number of ether oxygens (including phenoxy) is 1. The smallest absolute Gasteiger partial charge is 0.313 e. The minimum atomic E-state index is -1.31. The first-order valence-electron chi connectivity index (χ1n) is 8.15. The van der Waals surface area contributed by atoms with E-state index in [9.17, 15) is 19.6 Å². The highest BCUT2D eigenvalue weighted by Crippen LogP contribution is 2.52. The number of hydrogen-bond acceptors (Lipinski definition) is 4. The zero-order valence-electron chi connectivity index (χ0n) is 14.8. The van der Waals surface area contributed by atoms with Crippen LogP contribution >= 0.6 is 0 Å². The second-order valence-electron chi connectivity index (χ2n) is 6.68. The first-order valence-corrected chi connectivity index (χ1v) is 8.15. The SMILES string of the molecule is COCC1NC(C)=C(C#N)C(c2ccc(F)cc2)C1(C(=O)O)C(C)C. The van der Waals surface area contributed by atoms with Gasteiger partial charge in [0.1, 0.15) is 11.2 Å². The van der Waals surface area contributed by atoms with Crippen LogP contribution in [-0.4, -0.2) is 30.8 Å². The fourth-order valence-electron chi connectivity index (χ4n) is 3.96. The van der Waals surface area contributed by atoms with Crippen LogP contribution in [0.1, 0.15) is 32.3 Å². The molecule has 0 spiro atoms. The Morgan fingerprint density at radius 2 is 2.04 bits per heavy atom. The van der Waals surface area contributed by atoms with Crippen LogP contribution in [0.2, 0.25) is 0 Å². The Bertz CT molecular complexity index is 721. The van der Waals surface area contributed by atoms with Gasteiger partial charge in [-0.25, -0.2) is 4.39 Å². The summed E-state index contributed by atoms with van der Waals surface area (Å²) < 4.78 is 18.7. The van der Waals surface area contributed by atoms with Crippen LogP contribution in [0.25, 0.3) is 0 Å². The van der Waals surface area contributed by atoms with Crippen molar-refractivity contribution in [3.05, 3.63) is 46.9 Å². The molecule has 1 aromatic carbocycles. The molecule has 0 aromatic heterocycles. The van der Waals surface area contributed by atoms with Gasteiger partial charge in [-0.1, -0.05) is 26.0 Å². The van der Waals surface area contributed by atoms with Crippen LogP contribution in [0.3, 0.4) is 0 Å². The Morgan fingerprint density at radius 1 is 1.44 bits per heavy atom. The summed E-state index contributed by atoms with van der Waals surface area (Å²) in [6, 6.07) is 7.33. The van der Waals surface area contributed by atoms with Gasteiger partial charge in [0.25, 0.3) is 0 Å². The Morgan fingerprint density at radius 3 is 2.48 bits per heavy atom. The number of nitrogens with zero attached hydrogens (tertiary/aromatic N) is 1. The summed E-state index contributed by atoms with van der Waals surface area (Å²) in [5.74, 6) is -2.41. The van der Waals surface area contributed by atoms with Crippen LogP contribution < -0.4 is 5.32 Å². The average Bonchev–Trinajstić information content (AvgIpc) is 2.55. The summed E-state index contributed by atoms with van der Waals surface area (Å²) in [6.45, 7) is 5.58. The van der Waals surface area contributed by atoms with Crippen molar-refractivity contribution in [2.75, 3.05) is 13.7 Å². The van der Waals surface area contributed by atoms with Gasteiger partial charge in [-0.2, -0.15) is 5.26 Å². The molecule has 1 aromatic rings. The fraction of sp³-hybridized carbons (Fsp3) is 0.474. The average molecular weight is 346 g/mol. The molecule has 0 aliphatic carbocycles. The van der Waals surface area contributed by atoms with Gasteiger partial charge in [0.2, 0.25) is 0 Å². The van der Waals surface area contributed by atoms with Crippen molar-refractivity contribution in [2.45, 2.75) is 32.7 Å². The third-order valence-electron chi connectivity index (χ3n) is 5.12. The van der Waals surface area contributed by atoms with E-state index in [1.54, 1.807) is 19.1 Å². The van der Waals surface area contributed by atoms with E-state index >= 15 is 0 Å². The van der Waals surface area contributed by atoms with Gasteiger partial charge in [0.15, 0.2) is 0 Å². The molecular formula is C19H23FN2O3. The molecule has 0 radical (unpaired) electrons. The molecule has 3 atom stereocenters. The monoisotopic (exact) mass is 346 g/mol. The lowest BCUT2D eigenvalue weighted by Crippen LogP contribution is -2.61. The molecule has 1 aliphatic heterocycles. The van der Waals surface area contributed by atoms with Crippen molar-refractivity contribution in [3.63, 3.8) is 0 Å². The number of nitrogens with one attached hydrogen (secondary N) is 1. The summed E-state index contributed by atoms with van der Waals surface area (Å²) in [4.78, 5) is 12.5. The van der Waals surface area contributed by atoms with Gasteiger partial charge in [-0.3, -0.25) is 4.79 Å². The number of carboxylic acids is 1. The highest BCUT2D eigenvalue weighted by molar-refractivity contribution is 5.80. The van der Waals surface area contributed by atoms with Crippen LogP contribution in [0, 0.1) is 28.5 Å². The minimum Gasteiger partial charge on any atom is -0.481 e. The maximum absolute atomic E-state index is 13.4. The molecular weight excluding hydrogens is 323 g/mol. The van der Waals surface area contributed by atoms with Crippen molar-refractivity contribution >= 4 is 5.97 Å². The number of nitriles is 1. The molecule has 6 heteroatoms. The van der Waals surface area contributed by atoms with E-state index in [1.807, 2.05) is 13.8 Å². The number of hydrogen-bond donors (Lipinski definition) is 2. The molecule has 0 fully saturated rings. The molecule has 2 N–H and O–H groups in total. The number of carbonyl (C=O) groups is 1. The second-order valence-corrected chi connectivity index (χ2v) is 6.68. The standard InChI is InChI=1S/C19H23FN2O3/c1-11(2)19(18(23)24)16(10-25-4)22-12(3)15(9-21)17(19)13-5-7-14(20)8-6-13/h5-8,11,16-17,22H,10H2,1-4H3,(H,23,24). The highest BCUT2D eigenvalue weighted by atomic mass is 19.1. The topological polar surface area (TPSA) is 82.3 Å². The Balaban J connectivity index is 2.80. The lowest BCUT2D eigenvalue weighted by atomic mass is 9.57. The molecule has 134 valence electrons. The number of carboxylic acid groups (broad SMARTS) is 1. The number of halogens is 1. The number of allylic oxidation sites excluding steroid dienone is 2. The Kier molecular flexibility index (Phi) is 5.48. The summed E-state index contributed by atoms with van der Waals surface area (Å²) in [5.41, 5.74) is 0.278. The van der Waals surface area contributed by atoms with Gasteiger partial charge >= 0.3 is 5.97 Å². The van der Waals surface area contributed by atoms with Crippen molar-refractivity contribution in [2.24, 2.45) is 11.3 Å². The quantitative estimate of drug-likeness (QED) is 0.856. The number of benzene rings is 1. The van der Waals surface area contributed by atoms with E-state index < -0.39 is 29.2 Å². The molecule has 3 unspecified atom stereocenters. The van der Waals surface area contributed by atoms with E-state index in [1.165, 1.54) is 19.2 Å². The second kappa shape index (κ2) is 7.24. The summed E-state index contributed by atoms with van der Waals surface area (Å²) in [7, 11) is 1.51. The van der Waals surface area contributed by atoms with Crippen molar-refractivity contribution < 1.29 is 19.0 Å². The van der Waals surface area contributed by atoms with Crippen molar-refractivity contribution in [1.29, 1.82) is 5.26 Å². The van der Waals surface area contributed by atoms with Gasteiger partial charge < -0.3 is 15.2 Å². The highest BCUT2D eigenvalue weighted by Gasteiger charge is 2.58. The maximum atomic E-state index is 13.4. The van der Waals surface area contributed by atoms with Crippen molar-refractivity contribution in [3.8, 4) is 6.07 Å². The molecule has 0 saturated heterocycles. The molecule has 0 saturated carbocycles. The molecule has 2 rings (SSSR count). The number of rotatable bonds is 5. The number of aliphatic carboxylic acids is 1. The third-order valence-corrected chi connectivity index (χ3v) is 5.12. The summed E-state index contributed by atoms with van der Waals surface area (Å²) >= 11 is 0. The molecule has 1 aliphatic rings. The van der Waals surface area contributed by atoms with Crippen LogP contribution in [0.15, 0.2) is 35.5 Å². The normalized spacial score (nSPS) is 26.3. The van der Waals surface area contributed by atoms with Crippen molar-refractivity contribution in [1.82, 2.24) is 5.32 Å². The van der Waals surface area contributed by atoms with Gasteiger partial charge in [-0.05, 0) is 30.5 Å². The largest absolute Gasteiger partial charge is 0.481 e. The van der Waals surface area contributed by atoms with Gasteiger partial charge in [-0.15, -0.1) is 0 Å². The molecule has 0 bridgehead atoms. The molecule has 1 heterocycles. The van der Waals surface area contributed by atoms with Crippen LogP contribution in [0.5, 0.6) is 0 Å². The fourth-order valence-corrected chi connectivity index (χ4v) is 3.96. The lowest BCUT2D eigenvalue weighted by molar-refractivity contribution is -0.157. The molecule has 0 amide bonds. The maximum Gasteiger partial charge on any atom is 0.313 e. The van der Waals surface area contributed by atoms with E-state index in [2.05, 4.69) is 11.4 Å². The van der Waals surface area contributed by atoms with E-state index in [0.717, 1.165) is 0 Å². The summed E-state index contributed by atoms with van der Waals surface area (Å²) in [6.07, 6.45) is 0. The minimum absolute atomic E-state index is 0.179. The first kappa shape index (κ1) is 18.9. The third kappa shape index (κ3) is 3.00. The van der Waals surface area contributed by atoms with Crippen LogP contribution in [-0.2, 0) is 9.53 Å². The Labute approximate surface area is 147 Å².